The van der Waals surface area contributed by atoms with Crippen molar-refractivity contribution in [3.05, 3.63) is 78.5 Å². The van der Waals surface area contributed by atoms with Gasteiger partial charge in [-0.15, -0.1) is 0 Å². The minimum absolute atomic E-state index is 0.0323. The molecule has 0 radical (unpaired) electrons. The molecular formula is C18H18N4O2. The largest absolute Gasteiger partial charge is 0.388 e. The molecule has 0 aliphatic rings. The first-order valence-electron chi connectivity index (χ1n) is 7.65. The maximum atomic E-state index is 11.9. The summed E-state index contributed by atoms with van der Waals surface area (Å²) in [7, 11) is 0. The van der Waals surface area contributed by atoms with Crippen molar-refractivity contribution >= 4 is 5.91 Å². The van der Waals surface area contributed by atoms with Crippen LogP contribution in [0.15, 0.2) is 67.4 Å². The van der Waals surface area contributed by atoms with Crippen molar-refractivity contribution < 1.29 is 9.90 Å². The van der Waals surface area contributed by atoms with Gasteiger partial charge in [0.25, 0.3) is 0 Å². The zero-order valence-corrected chi connectivity index (χ0v) is 13.0. The van der Waals surface area contributed by atoms with Crippen LogP contribution in [-0.2, 0) is 11.3 Å². The number of amides is 1. The molecule has 2 aromatic heterocycles. The van der Waals surface area contributed by atoms with Crippen molar-refractivity contribution in [1.29, 1.82) is 0 Å². The van der Waals surface area contributed by atoms with E-state index in [9.17, 15) is 9.90 Å². The van der Waals surface area contributed by atoms with Crippen LogP contribution in [0.25, 0.3) is 5.82 Å². The van der Waals surface area contributed by atoms with Gasteiger partial charge in [0.2, 0.25) is 5.91 Å². The lowest BCUT2D eigenvalue weighted by atomic mass is 10.1. The molecular weight excluding hydrogens is 304 g/mol. The lowest BCUT2D eigenvalue weighted by Crippen LogP contribution is -2.24. The van der Waals surface area contributed by atoms with E-state index in [1.165, 1.54) is 0 Å². The van der Waals surface area contributed by atoms with E-state index in [4.69, 9.17) is 0 Å². The molecule has 0 spiro atoms. The zero-order valence-electron chi connectivity index (χ0n) is 13.0. The highest BCUT2D eigenvalue weighted by Gasteiger charge is 2.12. The fourth-order valence-electron chi connectivity index (χ4n) is 2.31. The quantitative estimate of drug-likeness (QED) is 0.727. The molecule has 0 saturated heterocycles. The minimum atomic E-state index is -0.798. The summed E-state index contributed by atoms with van der Waals surface area (Å²) in [6.07, 6.45) is 6.12. The van der Waals surface area contributed by atoms with Gasteiger partial charge in [-0.2, -0.15) is 0 Å². The highest BCUT2D eigenvalue weighted by atomic mass is 16.3. The van der Waals surface area contributed by atoms with Crippen LogP contribution in [0.2, 0.25) is 0 Å². The van der Waals surface area contributed by atoms with Crippen molar-refractivity contribution in [3.8, 4) is 5.82 Å². The molecule has 6 nitrogen and oxygen atoms in total. The first-order chi connectivity index (χ1) is 11.7. The van der Waals surface area contributed by atoms with Crippen LogP contribution in [-0.4, -0.2) is 25.5 Å². The molecule has 1 atom stereocenters. The van der Waals surface area contributed by atoms with E-state index in [0.29, 0.717) is 6.54 Å². The van der Waals surface area contributed by atoms with Gasteiger partial charge in [-0.05, 0) is 17.2 Å². The number of hydrogen-bond donors (Lipinski definition) is 2. The molecule has 1 amide bonds. The third-order valence-corrected chi connectivity index (χ3v) is 3.63. The Morgan fingerprint density at radius 2 is 2.04 bits per heavy atom. The molecule has 2 heterocycles. The lowest BCUT2D eigenvalue weighted by molar-refractivity contribution is -0.123. The maximum Gasteiger partial charge on any atom is 0.223 e. The first kappa shape index (κ1) is 15.9. The number of carbonyl (C=O) groups is 1. The van der Waals surface area contributed by atoms with Crippen molar-refractivity contribution in [1.82, 2.24) is 19.9 Å². The summed E-state index contributed by atoms with van der Waals surface area (Å²) in [5, 5.41) is 12.8. The van der Waals surface area contributed by atoms with Gasteiger partial charge >= 0.3 is 0 Å². The van der Waals surface area contributed by atoms with Crippen molar-refractivity contribution in [2.75, 3.05) is 0 Å². The molecule has 0 saturated carbocycles. The Hall–Kier alpha value is -2.99. The van der Waals surface area contributed by atoms with Crippen LogP contribution in [0.5, 0.6) is 0 Å². The normalized spacial score (nSPS) is 11.9. The van der Waals surface area contributed by atoms with Gasteiger partial charge in [0.05, 0.1) is 12.5 Å². The Balaban J connectivity index is 1.51. The predicted octanol–water partition coefficient (Wildman–Crippen LogP) is 2.01. The van der Waals surface area contributed by atoms with Gasteiger partial charge in [-0.25, -0.2) is 9.97 Å². The van der Waals surface area contributed by atoms with Gasteiger partial charge in [-0.3, -0.25) is 9.36 Å². The Morgan fingerprint density at radius 1 is 1.21 bits per heavy atom. The van der Waals surface area contributed by atoms with E-state index in [2.05, 4.69) is 15.3 Å². The molecule has 3 rings (SSSR count). The minimum Gasteiger partial charge on any atom is -0.388 e. The van der Waals surface area contributed by atoms with Crippen LogP contribution in [0.3, 0.4) is 0 Å². The van der Waals surface area contributed by atoms with Gasteiger partial charge in [0, 0.05) is 25.1 Å². The Morgan fingerprint density at radius 3 is 2.71 bits per heavy atom. The fourth-order valence-corrected chi connectivity index (χ4v) is 2.31. The van der Waals surface area contributed by atoms with Crippen LogP contribution < -0.4 is 5.32 Å². The predicted molar refractivity (Wildman–Crippen MR) is 89.2 cm³/mol. The summed E-state index contributed by atoms with van der Waals surface area (Å²) in [5.41, 5.74) is 1.63. The summed E-state index contributed by atoms with van der Waals surface area (Å²) in [6, 6.07) is 12.9. The van der Waals surface area contributed by atoms with Crippen LogP contribution >= 0.6 is 0 Å². The Kier molecular flexibility index (Phi) is 4.98. The molecule has 0 aliphatic carbocycles. The van der Waals surface area contributed by atoms with Gasteiger partial charge in [0.1, 0.15) is 12.1 Å². The van der Waals surface area contributed by atoms with Crippen LogP contribution in [0.4, 0.5) is 0 Å². The fraction of sp³-hybridized carbons (Fsp3) is 0.167. The van der Waals surface area contributed by atoms with E-state index in [1.54, 1.807) is 35.4 Å². The maximum absolute atomic E-state index is 11.9. The summed E-state index contributed by atoms with van der Waals surface area (Å²) in [6.45, 7) is 0.373. The SMILES string of the molecule is O=C(CC(O)c1ccccc1)NCc1ccc(-n2ccnc2)nc1. The summed E-state index contributed by atoms with van der Waals surface area (Å²) in [5.74, 6) is 0.562. The monoisotopic (exact) mass is 322 g/mol. The number of imidazole rings is 1. The number of aliphatic hydroxyl groups is 1. The molecule has 0 bridgehead atoms. The van der Waals surface area contributed by atoms with Crippen LogP contribution in [0.1, 0.15) is 23.7 Å². The topological polar surface area (TPSA) is 80.0 Å². The molecule has 122 valence electrons. The number of nitrogens with zero attached hydrogens (tertiary/aromatic N) is 3. The lowest BCUT2D eigenvalue weighted by Gasteiger charge is -2.11. The molecule has 6 heteroatoms. The molecule has 1 aromatic carbocycles. The van der Waals surface area contributed by atoms with Crippen molar-refractivity contribution in [2.24, 2.45) is 0 Å². The van der Waals surface area contributed by atoms with Crippen molar-refractivity contribution in [2.45, 2.75) is 19.1 Å². The molecule has 0 aliphatic heterocycles. The summed E-state index contributed by atoms with van der Waals surface area (Å²) >= 11 is 0. The number of aliphatic hydroxyl groups excluding tert-OH is 1. The summed E-state index contributed by atoms with van der Waals surface area (Å²) in [4.78, 5) is 20.3. The van der Waals surface area contributed by atoms with E-state index in [0.717, 1.165) is 16.9 Å². The van der Waals surface area contributed by atoms with Gasteiger partial charge < -0.3 is 10.4 Å². The van der Waals surface area contributed by atoms with E-state index >= 15 is 0 Å². The highest BCUT2D eigenvalue weighted by molar-refractivity contribution is 5.76. The molecule has 24 heavy (non-hydrogen) atoms. The molecule has 0 fully saturated rings. The molecule has 1 unspecified atom stereocenters. The second-order valence-corrected chi connectivity index (χ2v) is 5.40. The van der Waals surface area contributed by atoms with Crippen LogP contribution in [0, 0.1) is 0 Å². The third-order valence-electron chi connectivity index (χ3n) is 3.63. The molecule has 2 N–H and O–H groups in total. The second-order valence-electron chi connectivity index (χ2n) is 5.40. The third kappa shape index (κ3) is 4.05. The number of pyridine rings is 1. The first-order valence-corrected chi connectivity index (χ1v) is 7.65. The van der Waals surface area contributed by atoms with E-state index in [1.807, 2.05) is 36.5 Å². The van der Waals surface area contributed by atoms with Gasteiger partial charge in [-0.1, -0.05) is 36.4 Å². The number of benzene rings is 1. The number of carbonyl (C=O) groups excluding carboxylic acids is 1. The average molecular weight is 322 g/mol. The second kappa shape index (κ2) is 7.52. The smallest absolute Gasteiger partial charge is 0.223 e. The zero-order chi connectivity index (χ0) is 16.8. The van der Waals surface area contributed by atoms with E-state index in [-0.39, 0.29) is 12.3 Å². The number of rotatable bonds is 6. The average Bonchev–Trinajstić information content (AvgIpc) is 3.16. The Labute approximate surface area is 139 Å². The number of aromatic nitrogens is 3. The Bertz CT molecular complexity index is 771. The summed E-state index contributed by atoms with van der Waals surface area (Å²) < 4.78 is 1.80. The standard InChI is InChI=1S/C18H18N4O2/c23-16(15-4-2-1-3-5-15)10-18(24)21-12-14-6-7-17(20-11-14)22-9-8-19-13-22/h1-9,11,13,16,23H,10,12H2,(H,21,24). The molecule has 3 aromatic rings. The van der Waals surface area contributed by atoms with E-state index < -0.39 is 6.10 Å². The number of hydrogen-bond acceptors (Lipinski definition) is 4. The highest BCUT2D eigenvalue weighted by Crippen LogP contribution is 2.15. The van der Waals surface area contributed by atoms with Gasteiger partial charge in [0.15, 0.2) is 0 Å². The number of nitrogens with one attached hydrogen (secondary N) is 1. The van der Waals surface area contributed by atoms with Crippen molar-refractivity contribution in [3.63, 3.8) is 0 Å².